The predicted molar refractivity (Wildman–Crippen MR) is 122 cm³/mol. The number of oxime groups is 1. The van der Waals surface area contributed by atoms with E-state index in [1.807, 2.05) is 32.0 Å². The molecular formula is C22H18ClN5O2S. The van der Waals surface area contributed by atoms with E-state index >= 15 is 0 Å². The van der Waals surface area contributed by atoms with Crippen LogP contribution in [0.2, 0.25) is 5.02 Å². The second-order valence-corrected chi connectivity index (χ2v) is 7.95. The first-order valence-corrected chi connectivity index (χ1v) is 10.5. The second-order valence-electron chi connectivity index (χ2n) is 6.55. The molecule has 31 heavy (non-hydrogen) atoms. The molecule has 0 atom stereocenters. The van der Waals surface area contributed by atoms with Crippen molar-refractivity contribution in [1.29, 1.82) is 0 Å². The van der Waals surface area contributed by atoms with E-state index in [0.29, 0.717) is 22.2 Å². The fraction of sp³-hybridized carbons (Fsp3) is 0.136. The van der Waals surface area contributed by atoms with Crippen LogP contribution in [-0.4, -0.2) is 33.0 Å². The van der Waals surface area contributed by atoms with Gasteiger partial charge in [-0.2, -0.15) is 0 Å². The lowest BCUT2D eigenvalue weighted by molar-refractivity contribution is 0.323. The molecule has 7 nitrogen and oxygen atoms in total. The molecule has 156 valence electrons. The van der Waals surface area contributed by atoms with Crippen LogP contribution in [0.1, 0.15) is 17.5 Å². The van der Waals surface area contributed by atoms with E-state index < -0.39 is 0 Å². The molecule has 4 rings (SSSR count). The molecule has 0 amide bonds. The number of benzene rings is 1. The van der Waals surface area contributed by atoms with Gasteiger partial charge in [-0.1, -0.05) is 16.8 Å². The Morgan fingerprint density at radius 1 is 1.13 bits per heavy atom. The molecule has 0 aliphatic carbocycles. The Morgan fingerprint density at radius 3 is 2.71 bits per heavy atom. The van der Waals surface area contributed by atoms with E-state index in [-0.39, 0.29) is 5.88 Å². The van der Waals surface area contributed by atoms with Gasteiger partial charge in [-0.15, -0.1) is 21.5 Å². The molecule has 0 radical (unpaired) electrons. The summed E-state index contributed by atoms with van der Waals surface area (Å²) in [6.07, 6.45) is 3.52. The molecule has 0 fully saturated rings. The van der Waals surface area contributed by atoms with Gasteiger partial charge in [0.05, 0.1) is 34.1 Å². The molecule has 3 heterocycles. The van der Waals surface area contributed by atoms with Crippen LogP contribution in [0.4, 0.5) is 0 Å². The van der Waals surface area contributed by atoms with E-state index in [9.17, 15) is 0 Å². The number of ether oxygens (including phenoxy) is 1. The Kier molecular flexibility index (Phi) is 6.20. The van der Waals surface area contributed by atoms with Gasteiger partial charge in [0.25, 0.3) is 5.88 Å². The Bertz CT molecular complexity index is 1230. The minimum absolute atomic E-state index is 0.275. The van der Waals surface area contributed by atoms with Crippen molar-refractivity contribution in [3.63, 3.8) is 0 Å². The molecule has 0 unspecified atom stereocenters. The van der Waals surface area contributed by atoms with Crippen LogP contribution in [0, 0.1) is 6.92 Å². The number of halogens is 1. The molecule has 0 saturated heterocycles. The van der Waals surface area contributed by atoms with Crippen LogP contribution in [0.25, 0.3) is 21.8 Å². The number of hydrogen-bond donors (Lipinski definition) is 0. The first-order valence-electron chi connectivity index (χ1n) is 9.32. The van der Waals surface area contributed by atoms with Gasteiger partial charge >= 0.3 is 0 Å². The number of aromatic nitrogens is 4. The fourth-order valence-electron chi connectivity index (χ4n) is 2.84. The average molecular weight is 452 g/mol. The summed E-state index contributed by atoms with van der Waals surface area (Å²) in [5.74, 6) is 0.962. The van der Waals surface area contributed by atoms with Gasteiger partial charge in [-0.05, 0) is 50.2 Å². The zero-order valence-electron chi connectivity index (χ0n) is 17.0. The number of pyridine rings is 1. The van der Waals surface area contributed by atoms with Crippen LogP contribution in [0.15, 0.2) is 60.0 Å². The van der Waals surface area contributed by atoms with Crippen LogP contribution in [0.3, 0.4) is 0 Å². The van der Waals surface area contributed by atoms with Gasteiger partial charge in [0, 0.05) is 29.6 Å². The maximum atomic E-state index is 6.27. The van der Waals surface area contributed by atoms with Crippen LogP contribution in [-0.2, 0) is 0 Å². The molecular weight excluding hydrogens is 434 g/mol. The summed E-state index contributed by atoms with van der Waals surface area (Å²) in [5, 5.41) is 13.9. The highest BCUT2D eigenvalue weighted by Gasteiger charge is 2.13. The summed E-state index contributed by atoms with van der Waals surface area (Å²) < 4.78 is 5.24. The molecule has 4 aromatic rings. The van der Waals surface area contributed by atoms with Crippen molar-refractivity contribution in [3.8, 4) is 33.5 Å². The summed E-state index contributed by atoms with van der Waals surface area (Å²) in [7, 11) is 1.60. The van der Waals surface area contributed by atoms with Gasteiger partial charge < -0.3 is 9.57 Å². The quantitative estimate of drug-likeness (QED) is 0.287. The van der Waals surface area contributed by atoms with Gasteiger partial charge in [0.2, 0.25) is 0 Å². The minimum Gasteiger partial charge on any atom is -0.497 e. The second kappa shape index (κ2) is 9.20. The molecule has 0 spiro atoms. The number of hydrogen-bond acceptors (Lipinski definition) is 8. The molecule has 1 aromatic carbocycles. The summed E-state index contributed by atoms with van der Waals surface area (Å²) in [5.41, 5.74) is 3.88. The van der Waals surface area contributed by atoms with Crippen LogP contribution < -0.4 is 9.57 Å². The van der Waals surface area contributed by atoms with Crippen molar-refractivity contribution < 1.29 is 9.57 Å². The van der Waals surface area contributed by atoms with E-state index in [0.717, 1.165) is 26.7 Å². The maximum absolute atomic E-state index is 6.27. The molecule has 0 aliphatic rings. The van der Waals surface area contributed by atoms with Crippen molar-refractivity contribution >= 4 is 28.6 Å². The first-order chi connectivity index (χ1) is 15.0. The molecule has 9 heteroatoms. The van der Waals surface area contributed by atoms with Crippen molar-refractivity contribution in [1.82, 2.24) is 20.2 Å². The molecule has 0 N–H and O–H groups in total. The van der Waals surface area contributed by atoms with E-state index in [2.05, 4.69) is 25.3 Å². The standard InChI is InChI=1S/C22H18ClN5O2S/c1-13-21(31-22(25-13)15-5-4-10-24-12-15)14(2)28-30-20-9-8-19(26-27-20)17-11-16(29-3)6-7-18(17)23/h4-12H,1-3H3. The lowest BCUT2D eigenvalue weighted by Crippen LogP contribution is -1.99. The first kappa shape index (κ1) is 20.9. The van der Waals surface area contributed by atoms with Crippen LogP contribution in [0.5, 0.6) is 11.6 Å². The van der Waals surface area contributed by atoms with Crippen LogP contribution >= 0.6 is 22.9 Å². The Morgan fingerprint density at radius 2 is 2.00 bits per heavy atom. The molecule has 0 saturated carbocycles. The zero-order valence-corrected chi connectivity index (χ0v) is 18.6. The normalized spacial score (nSPS) is 11.4. The summed E-state index contributed by atoms with van der Waals surface area (Å²) in [4.78, 5) is 15.2. The Balaban J connectivity index is 1.51. The highest BCUT2D eigenvalue weighted by Crippen LogP contribution is 2.31. The number of rotatable bonds is 6. The van der Waals surface area contributed by atoms with Gasteiger partial charge in [0.1, 0.15) is 10.8 Å². The largest absolute Gasteiger partial charge is 0.497 e. The van der Waals surface area contributed by atoms with Crippen molar-refractivity contribution in [2.24, 2.45) is 5.16 Å². The zero-order chi connectivity index (χ0) is 21.8. The summed E-state index contributed by atoms with van der Waals surface area (Å²) >= 11 is 7.81. The third kappa shape index (κ3) is 4.70. The third-order valence-electron chi connectivity index (χ3n) is 4.40. The average Bonchev–Trinajstić information content (AvgIpc) is 3.20. The molecule has 0 bridgehead atoms. The molecule has 3 aromatic heterocycles. The van der Waals surface area contributed by atoms with Gasteiger partial charge in [0.15, 0.2) is 0 Å². The fourth-order valence-corrected chi connectivity index (χ4v) is 4.05. The summed E-state index contributed by atoms with van der Waals surface area (Å²) in [6.45, 7) is 3.81. The van der Waals surface area contributed by atoms with Gasteiger partial charge in [-0.25, -0.2) is 4.98 Å². The van der Waals surface area contributed by atoms with Crippen molar-refractivity contribution in [2.75, 3.05) is 7.11 Å². The third-order valence-corrected chi connectivity index (χ3v) is 6.04. The number of thiazole rings is 1. The maximum Gasteiger partial charge on any atom is 0.267 e. The number of aryl methyl sites for hydroxylation is 1. The monoisotopic (exact) mass is 451 g/mol. The highest BCUT2D eigenvalue weighted by molar-refractivity contribution is 7.17. The van der Waals surface area contributed by atoms with Crippen molar-refractivity contribution in [2.45, 2.75) is 13.8 Å². The Hall–Kier alpha value is -3.36. The highest BCUT2D eigenvalue weighted by atomic mass is 35.5. The van der Waals surface area contributed by atoms with Gasteiger partial charge in [-0.3, -0.25) is 4.98 Å². The van der Waals surface area contributed by atoms with Crippen molar-refractivity contribution in [3.05, 3.63) is 70.5 Å². The summed E-state index contributed by atoms with van der Waals surface area (Å²) in [6, 6.07) is 12.7. The van der Waals surface area contributed by atoms with E-state index in [4.69, 9.17) is 21.2 Å². The lowest BCUT2D eigenvalue weighted by Gasteiger charge is -2.06. The Labute approximate surface area is 188 Å². The van der Waals surface area contributed by atoms with E-state index in [1.165, 1.54) is 11.3 Å². The SMILES string of the molecule is COc1ccc(Cl)c(-c2ccc(ON=C(C)c3sc(-c4cccnc4)nc3C)nn2)c1. The minimum atomic E-state index is 0.275. The molecule has 0 aliphatic heterocycles. The predicted octanol–water partition coefficient (Wildman–Crippen LogP) is 5.44. The topological polar surface area (TPSA) is 82.4 Å². The van der Waals surface area contributed by atoms with E-state index in [1.54, 1.807) is 43.8 Å². The lowest BCUT2D eigenvalue weighted by atomic mass is 10.1. The number of methoxy groups -OCH3 is 1. The smallest absolute Gasteiger partial charge is 0.267 e. The number of nitrogens with zero attached hydrogens (tertiary/aromatic N) is 5.